The highest BCUT2D eigenvalue weighted by atomic mass is 32.1. The Balaban J connectivity index is 1.63. The number of oxime groups is 1. The summed E-state index contributed by atoms with van der Waals surface area (Å²) >= 11 is 1.40. The monoisotopic (exact) mass is 390 g/mol. The van der Waals surface area contributed by atoms with Crippen molar-refractivity contribution >= 4 is 34.5 Å². The van der Waals surface area contributed by atoms with Crippen molar-refractivity contribution in [2.45, 2.75) is 20.8 Å². The summed E-state index contributed by atoms with van der Waals surface area (Å²) < 4.78 is 0. The molecular weight excluding hydrogens is 372 g/mol. The number of aryl methyl sites for hydroxylation is 3. The lowest BCUT2D eigenvalue weighted by Gasteiger charge is -2.24. The molecule has 0 unspecified atom stereocenters. The van der Waals surface area contributed by atoms with Crippen LogP contribution in [-0.4, -0.2) is 17.0 Å². The molecular formula is C21H18N4O2S. The van der Waals surface area contributed by atoms with Crippen LogP contribution in [0, 0.1) is 20.8 Å². The lowest BCUT2D eigenvalue weighted by molar-refractivity contribution is -0.135. The van der Waals surface area contributed by atoms with Gasteiger partial charge in [0.05, 0.1) is 21.5 Å². The molecule has 6 nitrogen and oxygen atoms in total. The molecule has 7 heteroatoms. The Labute approximate surface area is 166 Å². The van der Waals surface area contributed by atoms with Crippen molar-refractivity contribution in [1.29, 1.82) is 0 Å². The summed E-state index contributed by atoms with van der Waals surface area (Å²) in [7, 11) is 0. The minimum absolute atomic E-state index is 0.154. The molecule has 0 radical (unpaired) electrons. The molecule has 5 rings (SSSR count). The van der Waals surface area contributed by atoms with E-state index in [4.69, 9.17) is 4.94 Å². The van der Waals surface area contributed by atoms with Crippen LogP contribution in [0.1, 0.15) is 31.9 Å². The third kappa shape index (κ3) is 2.37. The fourth-order valence-corrected chi connectivity index (χ4v) is 4.50. The van der Waals surface area contributed by atoms with E-state index >= 15 is 0 Å². The van der Waals surface area contributed by atoms with Gasteiger partial charge in [-0.1, -0.05) is 35.9 Å². The first-order valence-electron chi connectivity index (χ1n) is 8.96. The number of rotatable bonds is 2. The number of carbonyl (C=O) groups is 1. The molecule has 140 valence electrons. The largest absolute Gasteiger partial charge is 0.287 e. The number of thiophene rings is 1. The van der Waals surface area contributed by atoms with Gasteiger partial charge >= 0.3 is 0 Å². The molecule has 28 heavy (non-hydrogen) atoms. The van der Waals surface area contributed by atoms with Crippen molar-refractivity contribution < 1.29 is 9.73 Å². The average molecular weight is 390 g/mol. The van der Waals surface area contributed by atoms with Gasteiger partial charge in [0.15, 0.2) is 0 Å². The van der Waals surface area contributed by atoms with Gasteiger partial charge in [-0.3, -0.25) is 9.73 Å². The van der Waals surface area contributed by atoms with Gasteiger partial charge in [0, 0.05) is 5.56 Å². The van der Waals surface area contributed by atoms with Crippen molar-refractivity contribution in [1.82, 2.24) is 5.28 Å². The molecule has 2 aromatic carbocycles. The number of hydrogen-bond donors (Lipinski definition) is 0. The SMILES string of the molecule is Cc1cc(C)c(C2=NON3N(C(=O)c4cccs4)c4ccccc4N23)c(C)c1. The van der Waals surface area contributed by atoms with E-state index in [0.717, 1.165) is 28.1 Å². The summed E-state index contributed by atoms with van der Waals surface area (Å²) in [5.74, 6) is 0.516. The third-order valence-electron chi connectivity index (χ3n) is 4.91. The second kappa shape index (κ2) is 6.19. The van der Waals surface area contributed by atoms with Crippen molar-refractivity contribution in [2.24, 2.45) is 5.16 Å². The van der Waals surface area contributed by atoms with E-state index in [-0.39, 0.29) is 5.91 Å². The molecule has 0 N–H and O–H groups in total. The van der Waals surface area contributed by atoms with Crippen LogP contribution in [0.15, 0.2) is 59.1 Å². The summed E-state index contributed by atoms with van der Waals surface area (Å²) in [4.78, 5) is 19.5. The number of nitrogens with zero attached hydrogens (tertiary/aromatic N) is 4. The minimum atomic E-state index is -0.154. The highest BCUT2D eigenvalue weighted by Crippen LogP contribution is 2.43. The maximum Gasteiger partial charge on any atom is 0.287 e. The van der Waals surface area contributed by atoms with Crippen molar-refractivity contribution in [2.75, 3.05) is 10.0 Å². The molecule has 0 spiro atoms. The zero-order chi connectivity index (χ0) is 19.4. The first kappa shape index (κ1) is 17.0. The fourth-order valence-electron chi connectivity index (χ4n) is 3.85. The molecule has 3 heterocycles. The van der Waals surface area contributed by atoms with Gasteiger partial charge in [0.25, 0.3) is 5.91 Å². The van der Waals surface area contributed by atoms with Gasteiger partial charge in [-0.15, -0.1) is 11.3 Å². The molecule has 0 bridgehead atoms. The van der Waals surface area contributed by atoms with Gasteiger partial charge in [-0.2, -0.15) is 10.0 Å². The molecule has 1 amide bonds. The van der Waals surface area contributed by atoms with Gasteiger partial charge in [0.1, 0.15) is 0 Å². The number of hydrogen-bond acceptors (Lipinski definition) is 6. The molecule has 0 fully saturated rings. The molecule has 0 saturated heterocycles. The Morgan fingerprint density at radius 2 is 1.71 bits per heavy atom. The first-order valence-corrected chi connectivity index (χ1v) is 9.84. The van der Waals surface area contributed by atoms with E-state index in [2.05, 4.69) is 38.1 Å². The number of benzene rings is 2. The number of hydrazine groups is 2. The molecule has 0 aliphatic carbocycles. The van der Waals surface area contributed by atoms with E-state index in [1.54, 1.807) is 0 Å². The smallest absolute Gasteiger partial charge is 0.266 e. The van der Waals surface area contributed by atoms with Crippen LogP contribution < -0.4 is 10.0 Å². The van der Waals surface area contributed by atoms with Crippen LogP contribution in [0.4, 0.5) is 11.4 Å². The number of amidine groups is 1. The van der Waals surface area contributed by atoms with Gasteiger partial charge in [0.2, 0.25) is 5.84 Å². The predicted molar refractivity (Wildman–Crippen MR) is 110 cm³/mol. The Hall–Kier alpha value is -3.16. The van der Waals surface area contributed by atoms with E-state index < -0.39 is 0 Å². The predicted octanol–water partition coefficient (Wildman–Crippen LogP) is 4.58. The summed E-state index contributed by atoms with van der Waals surface area (Å²) in [6.45, 7) is 6.21. The number of anilines is 2. The quantitative estimate of drug-likeness (QED) is 0.643. The van der Waals surface area contributed by atoms with E-state index in [9.17, 15) is 4.79 Å². The standard InChI is InChI=1S/C21H18N4O2S/c1-13-11-14(2)19(15(3)12-13)20-22-27-25-23(20)16-7-4-5-8-17(16)24(25)21(26)18-9-6-10-28-18/h4-12H,1-3H3. The maximum atomic E-state index is 13.2. The van der Waals surface area contributed by atoms with Gasteiger partial charge in [-0.25, -0.2) is 0 Å². The van der Waals surface area contributed by atoms with Crippen LogP contribution in [0.2, 0.25) is 0 Å². The number of para-hydroxylation sites is 2. The second-order valence-corrected chi connectivity index (χ2v) is 7.87. The van der Waals surface area contributed by atoms with Gasteiger partial charge < -0.3 is 0 Å². The van der Waals surface area contributed by atoms with Crippen molar-refractivity contribution in [3.05, 3.63) is 81.0 Å². The normalized spacial score (nSPS) is 15.3. The number of fused-ring (bicyclic) bond motifs is 3. The zero-order valence-corrected chi connectivity index (χ0v) is 16.5. The lowest BCUT2D eigenvalue weighted by atomic mass is 9.98. The minimum Gasteiger partial charge on any atom is -0.266 e. The van der Waals surface area contributed by atoms with Crippen LogP contribution in [0.5, 0.6) is 0 Å². The Morgan fingerprint density at radius 1 is 1.00 bits per heavy atom. The van der Waals surface area contributed by atoms with Crippen LogP contribution in [0.3, 0.4) is 0 Å². The van der Waals surface area contributed by atoms with Crippen molar-refractivity contribution in [3.8, 4) is 0 Å². The topological polar surface area (TPSA) is 48.4 Å². The Bertz CT molecular complexity index is 1100. The summed E-state index contributed by atoms with van der Waals surface area (Å²) in [5, 5.41) is 11.0. The van der Waals surface area contributed by atoms with Crippen LogP contribution >= 0.6 is 11.3 Å². The van der Waals surface area contributed by atoms with E-state index in [1.807, 2.05) is 46.8 Å². The summed E-state index contributed by atoms with van der Waals surface area (Å²) in [6, 6.07) is 15.7. The highest BCUT2D eigenvalue weighted by molar-refractivity contribution is 7.12. The summed E-state index contributed by atoms with van der Waals surface area (Å²) in [5.41, 5.74) is 6.04. The summed E-state index contributed by atoms with van der Waals surface area (Å²) in [6.07, 6.45) is 0. The zero-order valence-electron chi connectivity index (χ0n) is 15.7. The maximum absolute atomic E-state index is 13.2. The molecule has 2 aliphatic rings. The molecule has 0 atom stereocenters. The second-order valence-electron chi connectivity index (χ2n) is 6.92. The van der Waals surface area contributed by atoms with Gasteiger partial charge in [-0.05, 0) is 60.6 Å². The molecule has 0 saturated carbocycles. The molecule has 3 aromatic rings. The van der Waals surface area contributed by atoms with E-state index in [0.29, 0.717) is 10.7 Å². The third-order valence-corrected chi connectivity index (χ3v) is 5.76. The van der Waals surface area contributed by atoms with Crippen LogP contribution in [-0.2, 0) is 4.94 Å². The first-order chi connectivity index (χ1) is 13.6. The number of amides is 1. The average Bonchev–Trinajstić information content (AvgIpc) is 3.37. The highest BCUT2D eigenvalue weighted by Gasteiger charge is 2.47. The Kier molecular flexibility index (Phi) is 3.75. The molecule has 1 aromatic heterocycles. The van der Waals surface area contributed by atoms with Crippen LogP contribution in [0.25, 0.3) is 0 Å². The van der Waals surface area contributed by atoms with E-state index in [1.165, 1.54) is 27.2 Å². The Morgan fingerprint density at radius 3 is 2.39 bits per heavy atom. The van der Waals surface area contributed by atoms with Crippen molar-refractivity contribution in [3.63, 3.8) is 0 Å². The fraction of sp³-hybridized carbons (Fsp3) is 0.143. The lowest BCUT2D eigenvalue weighted by Crippen LogP contribution is -2.49. The number of carbonyl (C=O) groups excluding carboxylic acids is 1. The molecule has 2 aliphatic heterocycles.